The van der Waals surface area contributed by atoms with E-state index in [9.17, 15) is 9.59 Å². The number of nitrogens with one attached hydrogen (secondary N) is 2. The fourth-order valence-corrected chi connectivity index (χ4v) is 2.82. The van der Waals surface area contributed by atoms with E-state index in [1.165, 1.54) is 0 Å². The third-order valence-corrected chi connectivity index (χ3v) is 4.29. The van der Waals surface area contributed by atoms with E-state index < -0.39 is 5.91 Å². The molecular weight excluding hydrogens is 408 g/mol. The van der Waals surface area contributed by atoms with Gasteiger partial charge in [0.2, 0.25) is 17.6 Å². The zero-order chi connectivity index (χ0) is 21.5. The average Bonchev–Trinajstić information content (AvgIpc) is 3.18. The predicted octanol–water partition coefficient (Wildman–Crippen LogP) is 3.17. The van der Waals surface area contributed by atoms with Crippen molar-refractivity contribution in [2.24, 2.45) is 0 Å². The van der Waals surface area contributed by atoms with Crippen molar-refractivity contribution in [3.8, 4) is 17.1 Å². The Kier molecular flexibility index (Phi) is 7.03. The Hall–Kier alpha value is -3.39. The number of carbonyl (C=O) groups is 2. The predicted molar refractivity (Wildman–Crippen MR) is 111 cm³/mol. The molecule has 0 saturated carbocycles. The summed E-state index contributed by atoms with van der Waals surface area (Å²) in [5.74, 6) is 0.478. The van der Waals surface area contributed by atoms with Crippen molar-refractivity contribution < 1.29 is 18.8 Å². The third kappa shape index (κ3) is 6.31. The maximum absolute atomic E-state index is 11.9. The van der Waals surface area contributed by atoms with Gasteiger partial charge in [0, 0.05) is 23.4 Å². The first kappa shape index (κ1) is 21.3. The topological polar surface area (TPSA) is 106 Å². The Bertz CT molecular complexity index is 1010. The van der Waals surface area contributed by atoms with Crippen molar-refractivity contribution in [3.63, 3.8) is 0 Å². The molecule has 0 aliphatic carbocycles. The Morgan fingerprint density at radius 1 is 1.03 bits per heavy atom. The Morgan fingerprint density at radius 2 is 1.70 bits per heavy atom. The highest BCUT2D eigenvalue weighted by Crippen LogP contribution is 2.19. The molecule has 0 aliphatic heterocycles. The lowest BCUT2D eigenvalue weighted by molar-refractivity contribution is -0.130. The first-order valence-corrected chi connectivity index (χ1v) is 9.64. The van der Waals surface area contributed by atoms with Crippen molar-refractivity contribution >= 4 is 23.4 Å². The molecule has 0 aliphatic rings. The number of halogens is 1. The van der Waals surface area contributed by atoms with Crippen LogP contribution in [0.15, 0.2) is 47.0 Å². The van der Waals surface area contributed by atoms with Gasteiger partial charge in [0.05, 0.1) is 0 Å². The molecule has 2 N–H and O–H groups in total. The maximum atomic E-state index is 11.9. The summed E-state index contributed by atoms with van der Waals surface area (Å²) in [4.78, 5) is 28.0. The molecule has 0 fully saturated rings. The van der Waals surface area contributed by atoms with Crippen LogP contribution < -0.4 is 15.6 Å². The molecule has 30 heavy (non-hydrogen) atoms. The standard InChI is InChI=1S/C21H21ClN4O4/c1-13-9-14(2)11-17(10-13)29-12-19(28)25-24-18(27)7-8-20-23-21(26-30-20)15-3-5-16(22)6-4-15/h3-6,9-11H,7-8,12H2,1-2H3,(H,24,27)(H,25,28). The van der Waals surface area contributed by atoms with Crippen molar-refractivity contribution in [3.05, 3.63) is 64.5 Å². The van der Waals surface area contributed by atoms with Gasteiger partial charge < -0.3 is 9.26 Å². The van der Waals surface area contributed by atoms with E-state index in [1.807, 2.05) is 32.0 Å². The van der Waals surface area contributed by atoms with Gasteiger partial charge in [-0.25, -0.2) is 0 Å². The first-order valence-electron chi connectivity index (χ1n) is 9.26. The fourth-order valence-electron chi connectivity index (χ4n) is 2.70. The van der Waals surface area contributed by atoms with Crippen LogP contribution in [0.3, 0.4) is 0 Å². The summed E-state index contributed by atoms with van der Waals surface area (Å²) >= 11 is 5.86. The normalized spacial score (nSPS) is 10.5. The van der Waals surface area contributed by atoms with Crippen LogP contribution in [0.1, 0.15) is 23.4 Å². The van der Waals surface area contributed by atoms with Gasteiger partial charge in [-0.15, -0.1) is 0 Å². The van der Waals surface area contributed by atoms with Crippen LogP contribution >= 0.6 is 11.6 Å². The van der Waals surface area contributed by atoms with Crippen molar-refractivity contribution in [1.82, 2.24) is 21.0 Å². The van der Waals surface area contributed by atoms with Crippen LogP contribution in [0.4, 0.5) is 0 Å². The summed E-state index contributed by atoms with van der Waals surface area (Å²) in [6, 6.07) is 12.7. The Labute approximate surface area is 178 Å². The smallest absolute Gasteiger partial charge is 0.276 e. The van der Waals surface area contributed by atoms with E-state index in [0.29, 0.717) is 22.5 Å². The van der Waals surface area contributed by atoms with Crippen LogP contribution in [-0.4, -0.2) is 28.6 Å². The molecule has 0 spiro atoms. The van der Waals surface area contributed by atoms with Gasteiger partial charge in [0.15, 0.2) is 6.61 Å². The highest BCUT2D eigenvalue weighted by atomic mass is 35.5. The summed E-state index contributed by atoms with van der Waals surface area (Å²) in [5, 5.41) is 4.50. The number of rotatable bonds is 7. The number of hydrogen-bond donors (Lipinski definition) is 2. The number of benzene rings is 2. The minimum Gasteiger partial charge on any atom is -0.484 e. The number of ether oxygens (including phenoxy) is 1. The molecule has 2 amide bonds. The highest BCUT2D eigenvalue weighted by molar-refractivity contribution is 6.30. The maximum Gasteiger partial charge on any atom is 0.276 e. The summed E-state index contributed by atoms with van der Waals surface area (Å²) < 4.78 is 10.6. The quantitative estimate of drug-likeness (QED) is 0.560. The van der Waals surface area contributed by atoms with E-state index in [2.05, 4.69) is 21.0 Å². The molecule has 0 bridgehead atoms. The molecule has 0 radical (unpaired) electrons. The third-order valence-electron chi connectivity index (χ3n) is 4.04. The van der Waals surface area contributed by atoms with Gasteiger partial charge in [0.25, 0.3) is 5.91 Å². The number of nitrogens with zero attached hydrogens (tertiary/aromatic N) is 2. The SMILES string of the molecule is Cc1cc(C)cc(OCC(=O)NNC(=O)CCc2nc(-c3ccc(Cl)cc3)no2)c1. The van der Waals surface area contributed by atoms with Crippen LogP contribution in [0, 0.1) is 13.8 Å². The summed E-state index contributed by atoms with van der Waals surface area (Å²) in [6.07, 6.45) is 0.307. The Morgan fingerprint density at radius 3 is 2.40 bits per heavy atom. The minimum atomic E-state index is -0.467. The molecule has 0 atom stereocenters. The van der Waals surface area contributed by atoms with Gasteiger partial charge in [-0.1, -0.05) is 22.8 Å². The number of aryl methyl sites for hydroxylation is 3. The molecule has 2 aromatic carbocycles. The summed E-state index contributed by atoms with van der Waals surface area (Å²) in [5.41, 5.74) is 7.49. The van der Waals surface area contributed by atoms with Crippen LogP contribution in [-0.2, 0) is 16.0 Å². The lowest BCUT2D eigenvalue weighted by atomic mass is 10.1. The van der Waals surface area contributed by atoms with Crippen molar-refractivity contribution in [2.75, 3.05) is 6.61 Å². The molecule has 8 nitrogen and oxygen atoms in total. The molecule has 1 aromatic heterocycles. The van der Waals surface area contributed by atoms with Crippen molar-refractivity contribution in [2.45, 2.75) is 26.7 Å². The van der Waals surface area contributed by atoms with E-state index in [1.54, 1.807) is 24.3 Å². The number of hydrazine groups is 1. The molecule has 3 aromatic rings. The lowest BCUT2D eigenvalue weighted by Gasteiger charge is -2.09. The number of amides is 2. The fraction of sp³-hybridized carbons (Fsp3) is 0.238. The second kappa shape index (κ2) is 9.89. The van der Waals surface area contributed by atoms with Crippen molar-refractivity contribution in [1.29, 1.82) is 0 Å². The van der Waals surface area contributed by atoms with E-state index in [-0.39, 0.29) is 25.4 Å². The molecule has 1 heterocycles. The Balaban J connectivity index is 1.39. The van der Waals surface area contributed by atoms with E-state index in [0.717, 1.165) is 16.7 Å². The summed E-state index contributed by atoms with van der Waals surface area (Å²) in [6.45, 7) is 3.68. The van der Waals surface area contributed by atoms with Crippen LogP contribution in [0.25, 0.3) is 11.4 Å². The number of carbonyl (C=O) groups excluding carboxylic acids is 2. The molecule has 3 rings (SSSR count). The molecule has 0 saturated heterocycles. The zero-order valence-corrected chi connectivity index (χ0v) is 17.3. The van der Waals surface area contributed by atoms with E-state index >= 15 is 0 Å². The van der Waals surface area contributed by atoms with Crippen LogP contribution in [0.5, 0.6) is 5.75 Å². The van der Waals surface area contributed by atoms with Gasteiger partial charge in [0.1, 0.15) is 5.75 Å². The first-order chi connectivity index (χ1) is 14.4. The summed E-state index contributed by atoms with van der Waals surface area (Å²) in [7, 11) is 0. The van der Waals surface area contributed by atoms with Crippen LogP contribution in [0.2, 0.25) is 5.02 Å². The van der Waals surface area contributed by atoms with Gasteiger partial charge in [-0.3, -0.25) is 20.4 Å². The van der Waals surface area contributed by atoms with Gasteiger partial charge in [-0.2, -0.15) is 4.98 Å². The lowest BCUT2D eigenvalue weighted by Crippen LogP contribution is -2.43. The average molecular weight is 429 g/mol. The van der Waals surface area contributed by atoms with E-state index in [4.69, 9.17) is 20.9 Å². The van der Waals surface area contributed by atoms with Gasteiger partial charge >= 0.3 is 0 Å². The number of aromatic nitrogens is 2. The van der Waals surface area contributed by atoms with Gasteiger partial charge in [-0.05, 0) is 61.4 Å². The number of hydrogen-bond acceptors (Lipinski definition) is 6. The molecule has 156 valence electrons. The second-order valence-electron chi connectivity index (χ2n) is 6.73. The largest absolute Gasteiger partial charge is 0.484 e. The minimum absolute atomic E-state index is 0.0699. The highest BCUT2D eigenvalue weighted by Gasteiger charge is 2.11. The molecule has 9 heteroatoms. The second-order valence-corrected chi connectivity index (χ2v) is 7.16. The zero-order valence-electron chi connectivity index (χ0n) is 16.6. The monoisotopic (exact) mass is 428 g/mol. The molecule has 0 unspecified atom stereocenters. The molecular formula is C21H21ClN4O4.